The van der Waals surface area contributed by atoms with E-state index < -0.39 is 5.97 Å². The van der Waals surface area contributed by atoms with Gasteiger partial charge in [-0.05, 0) is 25.0 Å². The summed E-state index contributed by atoms with van der Waals surface area (Å²) >= 11 is 0. The Morgan fingerprint density at radius 3 is 3.17 bits per heavy atom. The third kappa shape index (κ3) is 1.74. The maximum absolute atomic E-state index is 11.6. The SMILES string of the molecule is COC(=O)c1cccc2nc(C3CCCO3)nn12. The van der Waals surface area contributed by atoms with E-state index in [1.165, 1.54) is 11.6 Å². The number of carbonyl (C=O) groups is 1. The van der Waals surface area contributed by atoms with Crippen molar-refractivity contribution >= 4 is 11.6 Å². The second-order valence-corrected chi connectivity index (χ2v) is 4.14. The van der Waals surface area contributed by atoms with Gasteiger partial charge in [0.25, 0.3) is 0 Å². The number of hydrogen-bond donors (Lipinski definition) is 0. The first kappa shape index (κ1) is 11.2. The summed E-state index contributed by atoms with van der Waals surface area (Å²) in [5.74, 6) is 0.202. The van der Waals surface area contributed by atoms with Gasteiger partial charge in [0.2, 0.25) is 0 Å². The van der Waals surface area contributed by atoms with Gasteiger partial charge in [0.1, 0.15) is 6.10 Å². The van der Waals surface area contributed by atoms with Gasteiger partial charge in [0, 0.05) is 6.61 Å². The van der Waals surface area contributed by atoms with Crippen LogP contribution in [0.15, 0.2) is 18.2 Å². The van der Waals surface area contributed by atoms with Gasteiger partial charge in [-0.1, -0.05) is 6.07 Å². The van der Waals surface area contributed by atoms with Crippen LogP contribution >= 0.6 is 0 Å². The average Bonchev–Trinajstić information content (AvgIpc) is 3.04. The van der Waals surface area contributed by atoms with Crippen molar-refractivity contribution in [3.8, 4) is 0 Å². The highest BCUT2D eigenvalue weighted by Crippen LogP contribution is 2.26. The fourth-order valence-electron chi connectivity index (χ4n) is 2.10. The Morgan fingerprint density at radius 2 is 2.44 bits per heavy atom. The average molecular weight is 247 g/mol. The van der Waals surface area contributed by atoms with Crippen molar-refractivity contribution < 1.29 is 14.3 Å². The molecule has 1 atom stereocenters. The van der Waals surface area contributed by atoms with Crippen LogP contribution < -0.4 is 0 Å². The van der Waals surface area contributed by atoms with Crippen LogP contribution in [0.1, 0.15) is 35.3 Å². The van der Waals surface area contributed by atoms with Crippen LogP contribution in [-0.2, 0) is 9.47 Å². The number of hydrogen-bond acceptors (Lipinski definition) is 5. The van der Waals surface area contributed by atoms with Crippen molar-refractivity contribution in [2.75, 3.05) is 13.7 Å². The van der Waals surface area contributed by atoms with Gasteiger partial charge in [-0.3, -0.25) is 0 Å². The number of aromatic nitrogens is 3. The number of esters is 1. The Bertz CT molecular complexity index is 587. The number of pyridine rings is 1. The number of fused-ring (bicyclic) bond motifs is 1. The molecule has 94 valence electrons. The summed E-state index contributed by atoms with van der Waals surface area (Å²) in [5.41, 5.74) is 0.996. The third-order valence-electron chi connectivity index (χ3n) is 2.99. The molecule has 3 heterocycles. The predicted molar refractivity (Wildman–Crippen MR) is 62.3 cm³/mol. The normalized spacial score (nSPS) is 19.3. The molecule has 0 spiro atoms. The highest BCUT2D eigenvalue weighted by molar-refractivity contribution is 5.88. The first-order valence-electron chi connectivity index (χ1n) is 5.85. The fourth-order valence-corrected chi connectivity index (χ4v) is 2.10. The van der Waals surface area contributed by atoms with E-state index in [1.807, 2.05) is 0 Å². The summed E-state index contributed by atoms with van der Waals surface area (Å²) < 4.78 is 11.8. The zero-order chi connectivity index (χ0) is 12.5. The number of rotatable bonds is 2. The lowest BCUT2D eigenvalue weighted by molar-refractivity contribution is 0.0590. The Morgan fingerprint density at radius 1 is 1.56 bits per heavy atom. The smallest absolute Gasteiger partial charge is 0.356 e. The molecule has 2 aromatic heterocycles. The second-order valence-electron chi connectivity index (χ2n) is 4.14. The molecule has 0 amide bonds. The van der Waals surface area contributed by atoms with Gasteiger partial charge >= 0.3 is 5.97 Å². The van der Waals surface area contributed by atoms with Gasteiger partial charge < -0.3 is 9.47 Å². The lowest BCUT2D eigenvalue weighted by Crippen LogP contribution is -2.09. The topological polar surface area (TPSA) is 65.7 Å². The summed E-state index contributed by atoms with van der Waals surface area (Å²) in [6.07, 6.45) is 1.88. The van der Waals surface area contributed by atoms with Crippen molar-refractivity contribution in [2.45, 2.75) is 18.9 Å². The maximum atomic E-state index is 11.6. The molecule has 0 radical (unpaired) electrons. The Hall–Kier alpha value is -1.95. The van der Waals surface area contributed by atoms with Crippen LogP contribution in [0.5, 0.6) is 0 Å². The summed E-state index contributed by atoms with van der Waals surface area (Å²) in [7, 11) is 1.35. The summed E-state index contributed by atoms with van der Waals surface area (Å²) in [5, 5.41) is 4.34. The van der Waals surface area contributed by atoms with Crippen molar-refractivity contribution in [3.05, 3.63) is 29.7 Å². The summed E-state index contributed by atoms with van der Waals surface area (Å²) in [6, 6.07) is 5.22. The zero-order valence-electron chi connectivity index (χ0n) is 10.00. The number of carbonyl (C=O) groups excluding carboxylic acids is 1. The van der Waals surface area contributed by atoms with Crippen molar-refractivity contribution in [1.29, 1.82) is 0 Å². The minimum absolute atomic E-state index is 0.0598. The molecule has 1 saturated heterocycles. The van der Waals surface area contributed by atoms with Gasteiger partial charge in [0.05, 0.1) is 7.11 Å². The molecular weight excluding hydrogens is 234 g/mol. The van der Waals surface area contributed by atoms with E-state index in [2.05, 4.69) is 10.1 Å². The van der Waals surface area contributed by atoms with Crippen LogP contribution in [0, 0.1) is 0 Å². The zero-order valence-corrected chi connectivity index (χ0v) is 10.00. The van der Waals surface area contributed by atoms with Gasteiger partial charge in [-0.2, -0.15) is 0 Å². The quantitative estimate of drug-likeness (QED) is 0.750. The van der Waals surface area contributed by atoms with E-state index in [9.17, 15) is 4.79 Å². The molecule has 0 aliphatic carbocycles. The molecule has 2 aromatic rings. The van der Waals surface area contributed by atoms with Crippen LogP contribution in [0.25, 0.3) is 5.65 Å². The van der Waals surface area contributed by atoms with Crippen LogP contribution in [0.4, 0.5) is 0 Å². The minimum atomic E-state index is -0.426. The van der Waals surface area contributed by atoms with Gasteiger partial charge in [0.15, 0.2) is 17.2 Å². The standard InChI is InChI=1S/C12H13N3O3/c1-17-12(16)8-4-2-6-10-13-11(14-15(8)10)9-5-3-7-18-9/h2,4,6,9H,3,5,7H2,1H3. The molecule has 1 fully saturated rings. The molecular formula is C12H13N3O3. The van der Waals surface area contributed by atoms with E-state index in [4.69, 9.17) is 9.47 Å². The summed E-state index contributed by atoms with van der Waals surface area (Å²) in [4.78, 5) is 16.0. The van der Waals surface area contributed by atoms with E-state index in [1.54, 1.807) is 18.2 Å². The van der Waals surface area contributed by atoms with E-state index in [0.29, 0.717) is 17.2 Å². The summed E-state index contributed by atoms with van der Waals surface area (Å²) in [6.45, 7) is 0.740. The van der Waals surface area contributed by atoms with Crippen LogP contribution in [0.2, 0.25) is 0 Å². The second kappa shape index (κ2) is 4.38. The fraction of sp³-hybridized carbons (Fsp3) is 0.417. The lowest BCUT2D eigenvalue weighted by atomic mass is 10.2. The molecule has 0 N–H and O–H groups in total. The van der Waals surface area contributed by atoms with Crippen molar-refractivity contribution in [1.82, 2.24) is 14.6 Å². The molecule has 0 saturated carbocycles. The largest absolute Gasteiger partial charge is 0.464 e. The Balaban J connectivity index is 2.08. The van der Waals surface area contributed by atoms with E-state index >= 15 is 0 Å². The lowest BCUT2D eigenvalue weighted by Gasteiger charge is -2.02. The third-order valence-corrected chi connectivity index (χ3v) is 2.99. The minimum Gasteiger partial charge on any atom is -0.464 e. The highest BCUT2D eigenvalue weighted by atomic mass is 16.5. The molecule has 1 unspecified atom stereocenters. The predicted octanol–water partition coefficient (Wildman–Crippen LogP) is 1.37. The first-order chi connectivity index (χ1) is 8.79. The van der Waals surface area contributed by atoms with Gasteiger partial charge in [-0.25, -0.2) is 14.3 Å². The van der Waals surface area contributed by atoms with Gasteiger partial charge in [-0.15, -0.1) is 5.10 Å². The van der Waals surface area contributed by atoms with E-state index in [-0.39, 0.29) is 6.10 Å². The molecule has 18 heavy (non-hydrogen) atoms. The maximum Gasteiger partial charge on any atom is 0.356 e. The number of nitrogens with zero attached hydrogens (tertiary/aromatic N) is 3. The molecule has 6 heteroatoms. The van der Waals surface area contributed by atoms with E-state index in [0.717, 1.165) is 19.4 Å². The Labute approximate surface area is 104 Å². The molecule has 1 aliphatic heterocycles. The Kier molecular flexibility index (Phi) is 2.71. The molecule has 6 nitrogen and oxygen atoms in total. The molecule has 3 rings (SSSR count). The highest BCUT2D eigenvalue weighted by Gasteiger charge is 2.23. The van der Waals surface area contributed by atoms with Crippen LogP contribution in [0.3, 0.4) is 0 Å². The monoisotopic (exact) mass is 247 g/mol. The number of methoxy groups -OCH3 is 1. The molecule has 1 aliphatic rings. The number of ether oxygens (including phenoxy) is 2. The molecule has 0 bridgehead atoms. The van der Waals surface area contributed by atoms with Crippen LogP contribution in [-0.4, -0.2) is 34.3 Å². The first-order valence-corrected chi connectivity index (χ1v) is 5.85. The van der Waals surface area contributed by atoms with Crippen molar-refractivity contribution in [2.24, 2.45) is 0 Å². The molecule has 0 aromatic carbocycles. The van der Waals surface area contributed by atoms with Crippen molar-refractivity contribution in [3.63, 3.8) is 0 Å².